The van der Waals surface area contributed by atoms with Crippen molar-refractivity contribution in [2.45, 2.75) is 346 Å². The van der Waals surface area contributed by atoms with Gasteiger partial charge in [-0.2, -0.15) is 0 Å². The lowest BCUT2D eigenvalue weighted by Gasteiger charge is -2.43. The van der Waals surface area contributed by atoms with E-state index in [0.717, 1.165) is 189 Å². The average Bonchev–Trinajstić information content (AvgIpc) is 0.850. The first-order valence-corrected chi connectivity index (χ1v) is 42.9. The molecule has 0 saturated heterocycles. The zero-order chi connectivity index (χ0) is 83.4. The van der Waals surface area contributed by atoms with Crippen molar-refractivity contribution >= 4 is 0 Å². The average molecular weight is 1430 g/mol. The molecule has 16 unspecified atom stereocenters. The number of nitrogens with zero attached hydrogens (tertiary/aromatic N) is 5. The summed E-state index contributed by atoms with van der Waals surface area (Å²) in [5.41, 5.74) is 0. The molecular weight excluding hydrogens is 1240 g/mol. The number of rotatable bonds is 33. The van der Waals surface area contributed by atoms with Crippen LogP contribution in [0.4, 0.5) is 0 Å². The zero-order valence-corrected chi connectivity index (χ0v) is 79.6. The van der Waals surface area contributed by atoms with E-state index in [1.807, 2.05) is 69.2 Å². The van der Waals surface area contributed by atoms with Gasteiger partial charge in [-0.15, -0.1) is 0 Å². The molecule has 0 aromatic heterocycles. The van der Waals surface area contributed by atoms with Gasteiger partial charge in [0.1, 0.15) is 0 Å². The minimum Gasteiger partial charge on any atom is -0.317 e. The van der Waals surface area contributed by atoms with Crippen LogP contribution in [0.5, 0.6) is 0 Å². The van der Waals surface area contributed by atoms with Gasteiger partial charge < -0.3 is 24.2 Å². The van der Waals surface area contributed by atoms with Crippen LogP contribution in [-0.2, 0) is 0 Å². The van der Waals surface area contributed by atoms with E-state index in [1.165, 1.54) is 0 Å². The fourth-order valence-electron chi connectivity index (χ4n) is 15.7. The predicted octanol–water partition coefficient (Wildman–Crippen LogP) is 32.3. The van der Waals surface area contributed by atoms with Crippen LogP contribution in [0.3, 0.4) is 0 Å². The molecule has 0 fully saturated rings. The van der Waals surface area contributed by atoms with Crippen molar-refractivity contribution in [1.82, 2.24) is 0 Å². The first-order chi connectivity index (χ1) is 46.3. The standard InChI is InChI=1S/4C18H38.5C5H9N/c4*1-11(2)15(9)17(13(5)6)18(14(7)8)16(10)12(3)4;5*1-5(2)4-6-3/h4*11-18H,1-10H3;5*5H,4H2,1-2H3. The van der Waals surface area contributed by atoms with Gasteiger partial charge in [0, 0.05) is 29.6 Å². The molecule has 0 aliphatic rings. The van der Waals surface area contributed by atoms with Crippen molar-refractivity contribution in [3.63, 3.8) is 0 Å². The summed E-state index contributed by atoms with van der Waals surface area (Å²) in [4.78, 5) is 15.9. The highest BCUT2D eigenvalue weighted by molar-refractivity contribution is 4.89. The van der Waals surface area contributed by atoms with Gasteiger partial charge in [-0.1, -0.05) is 346 Å². The lowest BCUT2D eigenvalue weighted by molar-refractivity contribution is 0.0504. The summed E-state index contributed by atoms with van der Waals surface area (Å²) in [7, 11) is 0. The largest absolute Gasteiger partial charge is 0.317 e. The molecule has 0 saturated carbocycles. The molecule has 0 aliphatic heterocycles. The maximum atomic E-state index is 6.36. The van der Waals surface area contributed by atoms with Crippen LogP contribution in [-0.4, -0.2) is 32.7 Å². The van der Waals surface area contributed by atoms with E-state index in [-0.39, 0.29) is 0 Å². The molecule has 0 aromatic rings. The Labute approximate surface area is 651 Å². The van der Waals surface area contributed by atoms with Gasteiger partial charge in [0.15, 0.2) is 0 Å². The minimum atomic E-state index is 0.544. The van der Waals surface area contributed by atoms with Gasteiger partial charge in [0.25, 0.3) is 0 Å². The van der Waals surface area contributed by atoms with E-state index in [2.05, 4.69) is 301 Å². The smallest absolute Gasteiger partial charge is 0.216 e. The second-order valence-electron chi connectivity index (χ2n) is 40.1. The number of hydrogen-bond donors (Lipinski definition) is 0. The Balaban J connectivity index is -0.000000142. The van der Waals surface area contributed by atoms with E-state index < -0.39 is 0 Å². The Bertz CT molecular complexity index is 1630. The third-order valence-electron chi connectivity index (χ3n) is 23.5. The summed E-state index contributed by atoms with van der Waals surface area (Å²) in [6.07, 6.45) is 0. The Morgan fingerprint density at radius 3 is 0.216 bits per heavy atom. The van der Waals surface area contributed by atoms with Crippen molar-refractivity contribution in [3.05, 3.63) is 57.1 Å². The highest BCUT2D eigenvalue weighted by atomic mass is 14.6. The van der Waals surface area contributed by atoms with Gasteiger partial charge >= 0.3 is 0 Å². The summed E-state index contributed by atoms with van der Waals surface area (Å²) in [5, 5.41) is 0. The molecule has 0 N–H and O–H groups in total. The monoisotopic (exact) mass is 1430 g/mol. The minimum absolute atomic E-state index is 0.544. The van der Waals surface area contributed by atoms with Gasteiger partial charge in [-0.05, 0) is 189 Å². The molecule has 0 amide bonds. The van der Waals surface area contributed by atoms with E-state index >= 15 is 0 Å². The predicted molar refractivity (Wildman–Crippen MR) is 470 cm³/mol. The van der Waals surface area contributed by atoms with Crippen LogP contribution < -0.4 is 0 Å². The Kier molecular flexibility index (Phi) is 77.0. The lowest BCUT2D eigenvalue weighted by atomic mass is 9.62. The molecule has 0 aromatic carbocycles. The molecule has 610 valence electrons. The number of hydrogen-bond acceptors (Lipinski definition) is 0. The van der Waals surface area contributed by atoms with Gasteiger partial charge in [0.2, 0.25) is 32.7 Å². The van der Waals surface area contributed by atoms with Crippen molar-refractivity contribution in [2.75, 3.05) is 32.7 Å². The van der Waals surface area contributed by atoms with E-state index in [1.54, 1.807) is 0 Å². The second kappa shape index (κ2) is 66.6. The van der Waals surface area contributed by atoms with Crippen molar-refractivity contribution < 1.29 is 0 Å². The lowest BCUT2D eigenvalue weighted by Crippen LogP contribution is -2.37. The van der Waals surface area contributed by atoms with Crippen molar-refractivity contribution in [3.8, 4) is 0 Å². The molecule has 0 rings (SSSR count). The molecule has 0 heterocycles. The molecule has 0 spiro atoms. The topological polar surface area (TPSA) is 21.8 Å². The molecule has 0 aliphatic carbocycles. The molecule has 0 bridgehead atoms. The normalized spacial score (nSPS) is 16.3. The first-order valence-electron chi connectivity index (χ1n) is 42.9. The SMILES string of the molecule is CC(C)C(C)C(C(C)C)C(C(C)C)C(C)C(C)C.CC(C)C(C)C(C(C)C)C(C(C)C)C(C)C(C)C.CC(C)C(C)C(C(C)C)C(C(C)C)C(C)C(C)C.CC(C)C(C)C(C(C)C)C(C(C)C)C(C)C(C)C.[C-]#[N+]CC(C)C.[C-]#[N+]CC(C)C.[C-]#[N+]CC(C)C.[C-]#[N+]CC(C)C.[C-]#[N+]CC(C)C. The molecular formula is C97H197N5. The summed E-state index contributed by atoms with van der Waals surface area (Å²) >= 11 is 0. The molecule has 5 heteroatoms. The highest BCUT2D eigenvalue weighted by Crippen LogP contribution is 2.47. The Morgan fingerprint density at radius 2 is 0.196 bits per heavy atom. The third-order valence-corrected chi connectivity index (χ3v) is 23.5. The third kappa shape index (κ3) is 58.5. The van der Waals surface area contributed by atoms with Gasteiger partial charge in [0.05, 0.1) is 0 Å². The van der Waals surface area contributed by atoms with Crippen LogP contribution in [0, 0.1) is 252 Å². The van der Waals surface area contributed by atoms with Gasteiger partial charge in [-0.3, -0.25) is 0 Å². The van der Waals surface area contributed by atoms with Gasteiger partial charge in [-0.25, -0.2) is 32.9 Å². The first kappa shape index (κ1) is 118. The quantitative estimate of drug-likeness (QED) is 0.0584. The molecule has 5 nitrogen and oxygen atoms in total. The van der Waals surface area contributed by atoms with Crippen LogP contribution >= 0.6 is 0 Å². The zero-order valence-electron chi connectivity index (χ0n) is 79.6. The Morgan fingerprint density at radius 1 is 0.127 bits per heavy atom. The van der Waals surface area contributed by atoms with E-state index in [9.17, 15) is 0 Å². The summed E-state index contributed by atoms with van der Waals surface area (Å²) in [6, 6.07) is 0. The molecule has 102 heavy (non-hydrogen) atoms. The summed E-state index contributed by atoms with van der Waals surface area (Å²) in [5.74, 6) is 28.7. The maximum Gasteiger partial charge on any atom is 0.216 e. The fourth-order valence-corrected chi connectivity index (χ4v) is 15.7. The molecule has 16 atom stereocenters. The van der Waals surface area contributed by atoms with E-state index in [4.69, 9.17) is 32.9 Å². The fraction of sp³-hybridized carbons (Fsp3) is 0.948. The van der Waals surface area contributed by atoms with Crippen LogP contribution in [0.2, 0.25) is 0 Å². The van der Waals surface area contributed by atoms with Crippen LogP contribution in [0.15, 0.2) is 0 Å². The Hall–Kier alpha value is -2.55. The summed E-state index contributed by atoms with van der Waals surface area (Å²) < 4.78 is 0. The summed E-state index contributed by atoms with van der Waals surface area (Å²) in [6.45, 7) is 152. The highest BCUT2D eigenvalue weighted by Gasteiger charge is 2.41. The van der Waals surface area contributed by atoms with Crippen LogP contribution in [0.1, 0.15) is 346 Å². The second-order valence-corrected chi connectivity index (χ2v) is 40.1. The van der Waals surface area contributed by atoms with E-state index in [0.29, 0.717) is 62.3 Å². The maximum absolute atomic E-state index is 6.36. The molecule has 0 radical (unpaired) electrons. The van der Waals surface area contributed by atoms with Crippen molar-refractivity contribution in [2.24, 2.45) is 219 Å². The van der Waals surface area contributed by atoms with Crippen LogP contribution in [0.25, 0.3) is 24.2 Å². The van der Waals surface area contributed by atoms with Crippen molar-refractivity contribution in [1.29, 1.82) is 0 Å².